The van der Waals surface area contributed by atoms with Crippen LogP contribution in [0.4, 0.5) is 0 Å². The molecule has 0 bridgehead atoms. The van der Waals surface area contributed by atoms with E-state index in [0.29, 0.717) is 10.8 Å². The molecule has 0 spiro atoms. The van der Waals surface area contributed by atoms with E-state index in [-0.39, 0.29) is 24.8 Å². The topological polar surface area (TPSA) is 70.4 Å². The Hall–Kier alpha value is -3.12. The minimum absolute atomic E-state index is 0.0252. The lowest BCUT2D eigenvalue weighted by atomic mass is 9.88. The number of aromatic nitrogens is 2. The maximum Gasteiger partial charge on any atom is 0.305 e. The third-order valence-electron chi connectivity index (χ3n) is 4.85. The Labute approximate surface area is 186 Å². The molecule has 0 saturated carbocycles. The average Bonchev–Trinajstić information content (AvgIpc) is 3.31. The minimum atomic E-state index is -0.945. The quantitative estimate of drug-likeness (QED) is 0.420. The average molecular weight is 441 g/mol. The first kappa shape index (κ1) is 22.6. The van der Waals surface area contributed by atoms with E-state index < -0.39 is 11.6 Å². The molecule has 1 unspecified atom stereocenters. The Morgan fingerprint density at radius 2 is 1.68 bits per heavy atom. The van der Waals surface area contributed by atoms with Crippen LogP contribution < -0.4 is 4.74 Å². The van der Waals surface area contributed by atoms with Crippen molar-refractivity contribution in [1.29, 1.82) is 0 Å². The Bertz CT molecular complexity index is 1010. The molecule has 0 radical (unpaired) electrons. The summed E-state index contributed by atoms with van der Waals surface area (Å²) in [6.45, 7) is 5.15. The molecular formula is C24H25ClN2O4. The molecule has 0 saturated heterocycles. The van der Waals surface area contributed by atoms with E-state index in [1.807, 2.05) is 48.5 Å². The van der Waals surface area contributed by atoms with Crippen LogP contribution >= 0.6 is 11.6 Å². The molecule has 2 aromatic carbocycles. The predicted octanol–water partition coefficient (Wildman–Crippen LogP) is 5.33. The van der Waals surface area contributed by atoms with Crippen molar-refractivity contribution in [2.75, 3.05) is 6.61 Å². The second-order valence-corrected chi connectivity index (χ2v) is 8.21. The fourth-order valence-electron chi connectivity index (χ4n) is 2.92. The molecule has 0 aliphatic heterocycles. The van der Waals surface area contributed by atoms with Crippen LogP contribution in [0.25, 0.3) is 11.1 Å². The van der Waals surface area contributed by atoms with Crippen molar-refractivity contribution in [2.45, 2.75) is 33.4 Å². The van der Waals surface area contributed by atoms with Gasteiger partial charge in [-0.2, -0.15) is 0 Å². The Morgan fingerprint density at radius 3 is 2.23 bits per heavy atom. The lowest BCUT2D eigenvalue weighted by Crippen LogP contribution is -2.39. The SMILES string of the molecule is CCC(=O)OCC(C)(C)C(=O)C(Oc1ccc(-c2ccc(Cl)cc2)cc1)n1ccnc1. The predicted molar refractivity (Wildman–Crippen MR) is 119 cm³/mol. The molecule has 162 valence electrons. The van der Waals surface area contributed by atoms with Gasteiger partial charge in [-0.1, -0.05) is 42.8 Å². The van der Waals surface area contributed by atoms with Gasteiger partial charge in [0.15, 0.2) is 0 Å². The van der Waals surface area contributed by atoms with E-state index in [4.69, 9.17) is 21.1 Å². The first-order chi connectivity index (χ1) is 14.8. The zero-order chi connectivity index (χ0) is 22.4. The molecule has 1 atom stereocenters. The minimum Gasteiger partial charge on any atom is -0.465 e. The number of rotatable bonds is 9. The van der Waals surface area contributed by atoms with Crippen molar-refractivity contribution in [3.63, 3.8) is 0 Å². The highest BCUT2D eigenvalue weighted by atomic mass is 35.5. The molecule has 31 heavy (non-hydrogen) atoms. The van der Waals surface area contributed by atoms with Crippen LogP contribution in [0.1, 0.15) is 33.4 Å². The molecule has 3 aromatic rings. The summed E-state index contributed by atoms with van der Waals surface area (Å²) < 4.78 is 12.9. The number of esters is 1. The Balaban J connectivity index is 1.79. The smallest absolute Gasteiger partial charge is 0.305 e. The number of halogens is 1. The highest BCUT2D eigenvalue weighted by Gasteiger charge is 2.37. The number of carbonyl (C=O) groups is 2. The van der Waals surface area contributed by atoms with Gasteiger partial charge in [0.2, 0.25) is 12.0 Å². The van der Waals surface area contributed by atoms with Crippen molar-refractivity contribution >= 4 is 23.4 Å². The van der Waals surface area contributed by atoms with Crippen LogP contribution in [0.15, 0.2) is 67.3 Å². The van der Waals surface area contributed by atoms with Crippen LogP contribution in [-0.4, -0.2) is 27.9 Å². The molecule has 0 fully saturated rings. The number of Topliss-reactive ketones (excluding diaryl/α,β-unsaturated/α-hetero) is 1. The zero-order valence-electron chi connectivity index (χ0n) is 17.7. The number of imidazole rings is 1. The summed E-state index contributed by atoms with van der Waals surface area (Å²) >= 11 is 5.96. The van der Waals surface area contributed by atoms with Gasteiger partial charge in [0.25, 0.3) is 0 Å². The number of nitrogens with zero attached hydrogens (tertiary/aromatic N) is 2. The van der Waals surface area contributed by atoms with Gasteiger partial charge in [0, 0.05) is 23.8 Å². The molecule has 6 nitrogen and oxygen atoms in total. The summed E-state index contributed by atoms with van der Waals surface area (Å²) in [6, 6.07) is 15.0. The van der Waals surface area contributed by atoms with E-state index in [0.717, 1.165) is 11.1 Å². The van der Waals surface area contributed by atoms with Crippen molar-refractivity contribution < 1.29 is 19.1 Å². The third kappa shape index (κ3) is 5.73. The van der Waals surface area contributed by atoms with Gasteiger partial charge in [-0.25, -0.2) is 4.98 Å². The van der Waals surface area contributed by atoms with E-state index in [1.54, 1.807) is 37.7 Å². The fourth-order valence-corrected chi connectivity index (χ4v) is 3.05. The molecule has 0 amide bonds. The first-order valence-electron chi connectivity index (χ1n) is 10.00. The summed E-state index contributed by atoms with van der Waals surface area (Å²) in [5.74, 6) is -0.0407. The maximum atomic E-state index is 13.3. The molecule has 1 heterocycles. The first-order valence-corrected chi connectivity index (χ1v) is 10.4. The monoisotopic (exact) mass is 440 g/mol. The molecule has 0 aliphatic rings. The molecule has 0 aliphatic carbocycles. The number of hydrogen-bond acceptors (Lipinski definition) is 5. The van der Waals surface area contributed by atoms with E-state index in [2.05, 4.69) is 4.98 Å². The highest BCUT2D eigenvalue weighted by Crippen LogP contribution is 2.29. The fraction of sp³-hybridized carbons (Fsp3) is 0.292. The van der Waals surface area contributed by atoms with E-state index in [9.17, 15) is 9.59 Å². The van der Waals surface area contributed by atoms with Crippen LogP contribution in [-0.2, 0) is 14.3 Å². The van der Waals surface area contributed by atoms with Gasteiger partial charge < -0.3 is 9.47 Å². The van der Waals surface area contributed by atoms with Gasteiger partial charge in [0.05, 0.1) is 11.7 Å². The Morgan fingerprint density at radius 1 is 1.06 bits per heavy atom. The van der Waals surface area contributed by atoms with Gasteiger partial charge in [-0.3, -0.25) is 14.2 Å². The van der Waals surface area contributed by atoms with Gasteiger partial charge in [0.1, 0.15) is 12.4 Å². The highest BCUT2D eigenvalue weighted by molar-refractivity contribution is 6.30. The third-order valence-corrected chi connectivity index (χ3v) is 5.10. The van der Waals surface area contributed by atoms with Crippen LogP contribution in [0.5, 0.6) is 5.75 Å². The maximum absolute atomic E-state index is 13.3. The standard InChI is InChI=1S/C24H25ClN2O4/c1-4-21(28)30-15-24(2,3)22(29)23(27-14-13-26-16-27)31-20-11-7-18(8-12-20)17-5-9-19(25)10-6-17/h5-14,16,23H,4,15H2,1-3H3. The lowest BCUT2D eigenvalue weighted by molar-refractivity contribution is -0.152. The van der Waals surface area contributed by atoms with Crippen molar-refractivity contribution in [2.24, 2.45) is 5.41 Å². The summed E-state index contributed by atoms with van der Waals surface area (Å²) in [4.78, 5) is 28.9. The van der Waals surface area contributed by atoms with E-state index >= 15 is 0 Å². The van der Waals surface area contributed by atoms with Gasteiger partial charge >= 0.3 is 5.97 Å². The molecule has 1 aromatic heterocycles. The largest absolute Gasteiger partial charge is 0.465 e. The molecule has 0 N–H and O–H groups in total. The number of ether oxygens (including phenoxy) is 2. The zero-order valence-corrected chi connectivity index (χ0v) is 18.5. The molecule has 7 heteroatoms. The number of benzene rings is 2. The van der Waals surface area contributed by atoms with Crippen molar-refractivity contribution in [1.82, 2.24) is 9.55 Å². The summed E-state index contributed by atoms with van der Waals surface area (Å²) in [5.41, 5.74) is 1.08. The summed E-state index contributed by atoms with van der Waals surface area (Å²) in [6.07, 6.45) is 4.08. The molecular weight excluding hydrogens is 416 g/mol. The van der Waals surface area contributed by atoms with Crippen LogP contribution in [0, 0.1) is 5.41 Å². The molecule has 3 rings (SSSR count). The summed E-state index contributed by atoms with van der Waals surface area (Å²) in [5, 5.41) is 0.678. The number of carbonyl (C=O) groups excluding carboxylic acids is 2. The van der Waals surface area contributed by atoms with Crippen molar-refractivity contribution in [3.8, 4) is 16.9 Å². The number of hydrogen-bond donors (Lipinski definition) is 0. The van der Waals surface area contributed by atoms with Crippen LogP contribution in [0.3, 0.4) is 0 Å². The van der Waals surface area contributed by atoms with Gasteiger partial charge in [-0.05, 0) is 49.2 Å². The number of ketones is 1. The van der Waals surface area contributed by atoms with Crippen LogP contribution in [0.2, 0.25) is 5.02 Å². The second-order valence-electron chi connectivity index (χ2n) is 7.77. The summed E-state index contributed by atoms with van der Waals surface area (Å²) in [7, 11) is 0. The van der Waals surface area contributed by atoms with Crippen molar-refractivity contribution in [3.05, 3.63) is 72.3 Å². The Kier molecular flexibility index (Phi) is 7.13. The lowest BCUT2D eigenvalue weighted by Gasteiger charge is -2.28. The van der Waals surface area contributed by atoms with E-state index in [1.165, 1.54) is 6.33 Å². The second kappa shape index (κ2) is 9.79. The van der Waals surface area contributed by atoms with Gasteiger partial charge in [-0.15, -0.1) is 0 Å². The normalized spacial score (nSPS) is 12.3.